The van der Waals surface area contributed by atoms with Crippen molar-refractivity contribution in [2.24, 2.45) is 0 Å². The first-order chi connectivity index (χ1) is 15.2. The van der Waals surface area contributed by atoms with Crippen LogP contribution in [0.1, 0.15) is 19.0 Å². The maximum atomic E-state index is 12.5. The molecule has 0 saturated heterocycles. The first-order valence-corrected chi connectivity index (χ1v) is 11.7. The molecule has 3 heterocycles. The van der Waals surface area contributed by atoms with E-state index < -0.39 is 0 Å². The van der Waals surface area contributed by atoms with E-state index >= 15 is 0 Å². The quantitative estimate of drug-likeness (QED) is 0.350. The molecule has 0 radical (unpaired) electrons. The molecule has 5 rings (SSSR count). The summed E-state index contributed by atoms with van der Waals surface area (Å²) in [6.07, 6.45) is 3.05. The summed E-state index contributed by atoms with van der Waals surface area (Å²) in [7, 11) is 0. The summed E-state index contributed by atoms with van der Waals surface area (Å²) in [4.78, 5) is 22.7. The fourth-order valence-electron chi connectivity index (χ4n) is 3.40. The SMILES string of the molecule is CCOc1ccc2nc(NC(=O)CCc3csc4nc(-c5ccccc5)cn34)sc2c1. The minimum Gasteiger partial charge on any atom is -0.494 e. The van der Waals surface area contributed by atoms with Crippen LogP contribution in [0.2, 0.25) is 0 Å². The Bertz CT molecular complexity index is 1350. The highest BCUT2D eigenvalue weighted by Gasteiger charge is 2.13. The molecule has 8 heteroatoms. The number of imidazole rings is 1. The molecule has 0 aliphatic heterocycles. The van der Waals surface area contributed by atoms with Crippen molar-refractivity contribution in [3.8, 4) is 17.0 Å². The minimum atomic E-state index is -0.0492. The Morgan fingerprint density at radius 2 is 2.03 bits per heavy atom. The molecule has 0 aliphatic rings. The summed E-state index contributed by atoms with van der Waals surface area (Å²) in [5.74, 6) is 0.764. The van der Waals surface area contributed by atoms with Crippen LogP contribution >= 0.6 is 22.7 Å². The van der Waals surface area contributed by atoms with Crippen LogP contribution < -0.4 is 10.1 Å². The first kappa shape index (κ1) is 19.7. The zero-order valence-corrected chi connectivity index (χ0v) is 18.5. The van der Waals surface area contributed by atoms with E-state index in [2.05, 4.69) is 32.2 Å². The number of hydrogen-bond donors (Lipinski definition) is 1. The lowest BCUT2D eigenvalue weighted by Crippen LogP contribution is -2.12. The Morgan fingerprint density at radius 3 is 2.87 bits per heavy atom. The third-order valence-corrected chi connectivity index (χ3v) is 6.70. The van der Waals surface area contributed by atoms with Gasteiger partial charge in [-0.15, -0.1) is 11.3 Å². The molecule has 0 aliphatic carbocycles. The van der Waals surface area contributed by atoms with Gasteiger partial charge in [-0.1, -0.05) is 41.7 Å². The molecule has 1 N–H and O–H groups in total. The monoisotopic (exact) mass is 448 g/mol. The van der Waals surface area contributed by atoms with Crippen molar-refractivity contribution >= 4 is 48.9 Å². The number of carbonyl (C=O) groups excluding carboxylic acids is 1. The topological polar surface area (TPSA) is 68.5 Å². The van der Waals surface area contributed by atoms with Crippen molar-refractivity contribution in [2.45, 2.75) is 19.8 Å². The van der Waals surface area contributed by atoms with Gasteiger partial charge >= 0.3 is 0 Å². The van der Waals surface area contributed by atoms with Crippen LogP contribution in [0.4, 0.5) is 5.13 Å². The van der Waals surface area contributed by atoms with Crippen LogP contribution in [0.5, 0.6) is 5.75 Å². The molecule has 0 spiro atoms. The summed E-state index contributed by atoms with van der Waals surface area (Å²) in [6.45, 7) is 2.57. The number of ether oxygens (including phenoxy) is 1. The predicted molar refractivity (Wildman–Crippen MR) is 126 cm³/mol. The molecular weight excluding hydrogens is 428 g/mol. The molecule has 3 aromatic heterocycles. The fourth-order valence-corrected chi connectivity index (χ4v) is 5.21. The number of amides is 1. The first-order valence-electron chi connectivity index (χ1n) is 10.0. The highest BCUT2D eigenvalue weighted by atomic mass is 32.1. The zero-order valence-electron chi connectivity index (χ0n) is 16.9. The van der Waals surface area contributed by atoms with Crippen LogP contribution in [0.25, 0.3) is 26.4 Å². The number of thiazole rings is 2. The van der Waals surface area contributed by atoms with Gasteiger partial charge < -0.3 is 10.1 Å². The molecule has 1 amide bonds. The number of hydrogen-bond acceptors (Lipinski definition) is 6. The largest absolute Gasteiger partial charge is 0.494 e. The molecular formula is C23H20N4O2S2. The standard InChI is InChI=1S/C23H20N4O2S2/c1-2-29-17-9-10-18-20(12-17)31-22(24-18)26-21(28)11-8-16-14-30-23-25-19(13-27(16)23)15-6-4-3-5-7-15/h3-7,9-10,12-14H,2,8,11H2,1H3,(H,24,26,28). The third-order valence-electron chi connectivity index (χ3n) is 4.88. The molecule has 6 nitrogen and oxygen atoms in total. The number of nitrogens with one attached hydrogen (secondary N) is 1. The van der Waals surface area contributed by atoms with Gasteiger partial charge in [0.25, 0.3) is 0 Å². The molecule has 2 aromatic carbocycles. The van der Waals surface area contributed by atoms with Gasteiger partial charge in [0.15, 0.2) is 10.1 Å². The summed E-state index contributed by atoms with van der Waals surface area (Å²) in [6, 6.07) is 15.9. The summed E-state index contributed by atoms with van der Waals surface area (Å²) in [5.41, 5.74) is 3.97. The molecule has 0 fully saturated rings. The number of fused-ring (bicyclic) bond motifs is 2. The minimum absolute atomic E-state index is 0.0492. The van der Waals surface area contributed by atoms with E-state index in [1.54, 1.807) is 11.3 Å². The van der Waals surface area contributed by atoms with Crippen LogP contribution in [0.15, 0.2) is 60.1 Å². The summed E-state index contributed by atoms with van der Waals surface area (Å²) >= 11 is 3.05. The summed E-state index contributed by atoms with van der Waals surface area (Å²) < 4.78 is 8.60. The van der Waals surface area contributed by atoms with E-state index in [1.807, 2.05) is 49.5 Å². The Kier molecular flexibility index (Phi) is 5.40. The van der Waals surface area contributed by atoms with Gasteiger partial charge in [0.05, 0.1) is 22.5 Å². The number of carbonyl (C=O) groups is 1. The van der Waals surface area contributed by atoms with Gasteiger partial charge in [-0.2, -0.15) is 0 Å². The van der Waals surface area contributed by atoms with Crippen LogP contribution in [-0.2, 0) is 11.2 Å². The second-order valence-electron chi connectivity index (χ2n) is 7.00. The maximum absolute atomic E-state index is 12.5. The highest BCUT2D eigenvalue weighted by molar-refractivity contribution is 7.22. The van der Waals surface area contributed by atoms with E-state index in [-0.39, 0.29) is 5.91 Å². The molecule has 0 atom stereocenters. The normalized spacial score (nSPS) is 11.3. The number of rotatable bonds is 7. The molecule has 31 heavy (non-hydrogen) atoms. The van der Waals surface area contributed by atoms with Crippen LogP contribution in [0.3, 0.4) is 0 Å². The van der Waals surface area contributed by atoms with E-state index in [1.165, 1.54) is 11.3 Å². The molecule has 0 saturated carbocycles. The van der Waals surface area contributed by atoms with Crippen molar-refractivity contribution in [3.05, 3.63) is 65.8 Å². The Morgan fingerprint density at radius 1 is 1.16 bits per heavy atom. The lowest BCUT2D eigenvalue weighted by Gasteiger charge is -2.01. The Hall–Kier alpha value is -3.23. The van der Waals surface area contributed by atoms with Crippen LogP contribution in [-0.4, -0.2) is 26.9 Å². The summed E-state index contributed by atoms with van der Waals surface area (Å²) in [5, 5.41) is 5.61. The molecule has 0 bridgehead atoms. The predicted octanol–water partition coefficient (Wildman–Crippen LogP) is 5.64. The maximum Gasteiger partial charge on any atom is 0.226 e. The molecule has 0 unspecified atom stereocenters. The van der Waals surface area contributed by atoms with Gasteiger partial charge in [0.2, 0.25) is 5.91 Å². The van der Waals surface area contributed by atoms with Gasteiger partial charge in [0, 0.05) is 29.3 Å². The Balaban J connectivity index is 1.26. The number of aromatic nitrogens is 3. The van der Waals surface area contributed by atoms with Crippen molar-refractivity contribution in [3.63, 3.8) is 0 Å². The lowest BCUT2D eigenvalue weighted by molar-refractivity contribution is -0.116. The number of benzene rings is 2. The smallest absolute Gasteiger partial charge is 0.226 e. The zero-order chi connectivity index (χ0) is 21.2. The van der Waals surface area contributed by atoms with E-state index in [0.717, 1.165) is 37.9 Å². The second kappa shape index (κ2) is 8.49. The molecule has 5 aromatic rings. The van der Waals surface area contributed by atoms with Crippen molar-refractivity contribution in [1.82, 2.24) is 14.4 Å². The Labute approximate surface area is 187 Å². The number of nitrogens with zero attached hydrogens (tertiary/aromatic N) is 3. The average molecular weight is 449 g/mol. The van der Waals surface area contributed by atoms with Gasteiger partial charge in [-0.3, -0.25) is 9.20 Å². The van der Waals surface area contributed by atoms with Crippen molar-refractivity contribution < 1.29 is 9.53 Å². The fraction of sp³-hybridized carbons (Fsp3) is 0.174. The van der Waals surface area contributed by atoms with E-state index in [0.29, 0.717) is 24.6 Å². The van der Waals surface area contributed by atoms with Crippen molar-refractivity contribution in [2.75, 3.05) is 11.9 Å². The number of anilines is 1. The average Bonchev–Trinajstić information content (AvgIpc) is 3.47. The van der Waals surface area contributed by atoms with Gasteiger partial charge in [-0.05, 0) is 31.5 Å². The number of aryl methyl sites for hydroxylation is 1. The van der Waals surface area contributed by atoms with E-state index in [4.69, 9.17) is 9.72 Å². The highest BCUT2D eigenvalue weighted by Crippen LogP contribution is 2.29. The third kappa shape index (κ3) is 4.17. The lowest BCUT2D eigenvalue weighted by atomic mass is 10.2. The van der Waals surface area contributed by atoms with Crippen molar-refractivity contribution in [1.29, 1.82) is 0 Å². The van der Waals surface area contributed by atoms with E-state index in [9.17, 15) is 4.79 Å². The molecule has 156 valence electrons. The van der Waals surface area contributed by atoms with Gasteiger partial charge in [-0.25, -0.2) is 9.97 Å². The second-order valence-corrected chi connectivity index (χ2v) is 8.87. The van der Waals surface area contributed by atoms with Crippen LogP contribution in [0, 0.1) is 0 Å². The van der Waals surface area contributed by atoms with Gasteiger partial charge in [0.1, 0.15) is 5.75 Å².